The molecule has 8 heteroatoms. The van der Waals surface area contributed by atoms with Gasteiger partial charge in [-0.1, -0.05) is 24.3 Å². The molecule has 0 unspecified atom stereocenters. The number of nitrogens with two attached hydrogens (primary N) is 1. The van der Waals surface area contributed by atoms with Crippen molar-refractivity contribution in [3.63, 3.8) is 0 Å². The second-order valence-electron chi connectivity index (χ2n) is 7.02. The Hall–Kier alpha value is -3.65. The minimum absolute atomic E-state index is 0. The van der Waals surface area contributed by atoms with Crippen molar-refractivity contribution in [3.8, 4) is 0 Å². The highest BCUT2D eigenvalue weighted by atomic mass is 79.9. The number of carbonyl (C=O) groups excluding carboxylic acids is 2. The highest BCUT2D eigenvalue weighted by molar-refractivity contribution is 8.93. The largest absolute Gasteiger partial charge is 0.397 e. The van der Waals surface area contributed by atoms with E-state index in [1.165, 1.54) is 6.92 Å². The molecule has 0 radical (unpaired) electrons. The van der Waals surface area contributed by atoms with Crippen molar-refractivity contribution in [2.24, 2.45) is 0 Å². The first kappa shape index (κ1) is 22.0. The van der Waals surface area contributed by atoms with E-state index in [-0.39, 0.29) is 28.8 Å². The second kappa shape index (κ2) is 9.44. The maximum atomic E-state index is 12.4. The number of nitrogens with zero attached hydrogens (tertiary/aromatic N) is 2. The van der Waals surface area contributed by atoms with Gasteiger partial charge in [-0.3, -0.25) is 14.3 Å². The van der Waals surface area contributed by atoms with Crippen LogP contribution in [0.5, 0.6) is 0 Å². The van der Waals surface area contributed by atoms with Gasteiger partial charge in [0.2, 0.25) is 5.91 Å². The first-order chi connectivity index (χ1) is 14.5. The number of carbonyl (C=O) groups is 2. The van der Waals surface area contributed by atoms with E-state index in [2.05, 4.69) is 15.7 Å². The number of hydrogen-bond donors (Lipinski definition) is 3. The topological polar surface area (TPSA) is 102 Å². The normalized spacial score (nSPS) is 10.4. The summed E-state index contributed by atoms with van der Waals surface area (Å²) in [6.07, 6.45) is 1.95. The van der Waals surface area contributed by atoms with Crippen molar-refractivity contribution < 1.29 is 9.59 Å². The molecule has 0 aliphatic rings. The van der Waals surface area contributed by atoms with E-state index in [1.807, 2.05) is 53.3 Å². The fraction of sp³-hybridized carbons (Fsp3) is 0.0870. The predicted molar refractivity (Wildman–Crippen MR) is 129 cm³/mol. The molecular weight excluding hydrogens is 458 g/mol. The quantitative estimate of drug-likeness (QED) is 0.367. The van der Waals surface area contributed by atoms with Gasteiger partial charge in [-0.15, -0.1) is 17.0 Å². The third kappa shape index (κ3) is 5.29. The number of nitrogen functional groups attached to an aromatic ring is 1. The van der Waals surface area contributed by atoms with Gasteiger partial charge in [-0.2, -0.15) is 5.10 Å². The van der Waals surface area contributed by atoms with E-state index in [9.17, 15) is 9.59 Å². The maximum Gasteiger partial charge on any atom is 0.255 e. The standard InChI is InChI=1S/C23H21N5O2.BrH/c1-15(29)25-19-11-10-18-14-28(27-22(18)12-19)13-16-6-8-17(9-7-16)23(30)26-21-5-3-2-4-20(21)24;/h2-12,14H,13,24H2,1H3,(H,25,29)(H,26,30);1H. The highest BCUT2D eigenvalue weighted by Crippen LogP contribution is 2.20. The van der Waals surface area contributed by atoms with E-state index in [1.54, 1.807) is 24.3 Å². The molecule has 0 bridgehead atoms. The number of anilines is 3. The molecule has 2 amide bonds. The third-order valence-electron chi connectivity index (χ3n) is 4.64. The zero-order chi connectivity index (χ0) is 21.1. The third-order valence-corrected chi connectivity index (χ3v) is 4.64. The summed E-state index contributed by atoms with van der Waals surface area (Å²) in [5.41, 5.74) is 10.1. The van der Waals surface area contributed by atoms with Gasteiger partial charge in [0.05, 0.1) is 23.4 Å². The van der Waals surface area contributed by atoms with Crippen LogP contribution in [0.4, 0.5) is 17.1 Å². The van der Waals surface area contributed by atoms with Gasteiger partial charge in [-0.25, -0.2) is 0 Å². The average molecular weight is 480 g/mol. The van der Waals surface area contributed by atoms with Gasteiger partial charge in [0.25, 0.3) is 5.91 Å². The van der Waals surface area contributed by atoms with Crippen LogP contribution in [0.15, 0.2) is 72.9 Å². The number of hydrogen-bond acceptors (Lipinski definition) is 4. The van der Waals surface area contributed by atoms with E-state index in [0.717, 1.165) is 22.2 Å². The Balaban J connectivity index is 0.00000272. The molecule has 4 aromatic rings. The predicted octanol–water partition coefficient (Wildman–Crippen LogP) is 4.46. The van der Waals surface area contributed by atoms with Crippen molar-refractivity contribution in [2.75, 3.05) is 16.4 Å². The molecule has 0 aliphatic heterocycles. The Labute approximate surface area is 190 Å². The Morgan fingerprint density at radius 1 is 1.00 bits per heavy atom. The van der Waals surface area contributed by atoms with Crippen LogP contribution in [0.3, 0.4) is 0 Å². The number of benzene rings is 3. The molecule has 4 N–H and O–H groups in total. The first-order valence-electron chi connectivity index (χ1n) is 9.47. The lowest BCUT2D eigenvalue weighted by atomic mass is 10.1. The molecule has 0 atom stereocenters. The van der Waals surface area contributed by atoms with E-state index in [0.29, 0.717) is 23.5 Å². The lowest BCUT2D eigenvalue weighted by molar-refractivity contribution is -0.114. The summed E-state index contributed by atoms with van der Waals surface area (Å²) < 4.78 is 1.84. The van der Waals surface area contributed by atoms with Crippen LogP contribution < -0.4 is 16.4 Å². The van der Waals surface area contributed by atoms with Gasteiger partial charge in [0.15, 0.2) is 0 Å². The van der Waals surface area contributed by atoms with Crippen molar-refractivity contribution in [2.45, 2.75) is 13.5 Å². The van der Waals surface area contributed by atoms with Crippen LogP contribution in [-0.2, 0) is 11.3 Å². The zero-order valence-electron chi connectivity index (χ0n) is 16.8. The Morgan fingerprint density at radius 3 is 2.45 bits per heavy atom. The fourth-order valence-electron chi connectivity index (χ4n) is 3.18. The molecule has 158 valence electrons. The number of amides is 2. The number of rotatable bonds is 5. The SMILES string of the molecule is Br.CC(=O)Nc1ccc2cn(Cc3ccc(C(=O)Nc4ccccc4N)cc3)nc2c1. The number of nitrogens with one attached hydrogen (secondary N) is 2. The second-order valence-corrected chi connectivity index (χ2v) is 7.02. The molecule has 7 nitrogen and oxygen atoms in total. The van der Waals surface area contributed by atoms with Crippen LogP contribution in [-0.4, -0.2) is 21.6 Å². The highest BCUT2D eigenvalue weighted by Gasteiger charge is 2.09. The minimum Gasteiger partial charge on any atom is -0.397 e. The molecule has 0 saturated carbocycles. The maximum absolute atomic E-state index is 12.4. The van der Waals surface area contributed by atoms with Crippen molar-refractivity contribution in [1.82, 2.24) is 9.78 Å². The van der Waals surface area contributed by atoms with Gasteiger partial charge >= 0.3 is 0 Å². The average Bonchev–Trinajstić information content (AvgIpc) is 3.11. The van der Waals surface area contributed by atoms with Gasteiger partial charge in [0.1, 0.15) is 0 Å². The summed E-state index contributed by atoms with van der Waals surface area (Å²) in [4.78, 5) is 23.7. The van der Waals surface area contributed by atoms with Crippen LogP contribution >= 0.6 is 17.0 Å². The molecule has 31 heavy (non-hydrogen) atoms. The molecule has 1 aromatic heterocycles. The van der Waals surface area contributed by atoms with Crippen LogP contribution in [0.2, 0.25) is 0 Å². The molecule has 3 aromatic carbocycles. The fourth-order valence-corrected chi connectivity index (χ4v) is 3.18. The van der Waals surface area contributed by atoms with Crippen molar-refractivity contribution in [1.29, 1.82) is 0 Å². The molecule has 0 saturated heterocycles. The number of fused-ring (bicyclic) bond motifs is 1. The number of para-hydroxylation sites is 2. The minimum atomic E-state index is -0.213. The van der Waals surface area contributed by atoms with Crippen molar-refractivity contribution in [3.05, 3.63) is 84.1 Å². The van der Waals surface area contributed by atoms with Crippen LogP contribution in [0, 0.1) is 0 Å². The lowest BCUT2D eigenvalue weighted by Crippen LogP contribution is -2.13. The van der Waals surface area contributed by atoms with Crippen molar-refractivity contribution >= 4 is 56.8 Å². The van der Waals surface area contributed by atoms with Gasteiger partial charge in [-0.05, 0) is 48.0 Å². The molecule has 0 aliphatic carbocycles. The van der Waals surface area contributed by atoms with Gasteiger partial charge in [0, 0.05) is 29.8 Å². The summed E-state index contributed by atoms with van der Waals surface area (Å²) in [7, 11) is 0. The smallest absolute Gasteiger partial charge is 0.255 e. The Morgan fingerprint density at radius 2 is 1.74 bits per heavy atom. The molecule has 1 heterocycles. The monoisotopic (exact) mass is 479 g/mol. The summed E-state index contributed by atoms with van der Waals surface area (Å²) in [5, 5.41) is 11.1. The molecular formula is C23H22BrN5O2. The van der Waals surface area contributed by atoms with Crippen LogP contribution in [0.1, 0.15) is 22.8 Å². The Kier molecular flexibility index (Phi) is 6.71. The summed E-state index contributed by atoms with van der Waals surface area (Å²) >= 11 is 0. The Bertz CT molecular complexity index is 1230. The van der Waals surface area contributed by atoms with Gasteiger partial charge < -0.3 is 16.4 Å². The molecule has 4 rings (SSSR count). The van der Waals surface area contributed by atoms with Crippen LogP contribution in [0.25, 0.3) is 10.9 Å². The molecule has 0 spiro atoms. The van der Waals surface area contributed by atoms with E-state index >= 15 is 0 Å². The molecule has 0 fully saturated rings. The lowest BCUT2D eigenvalue weighted by Gasteiger charge is -2.08. The number of halogens is 1. The van der Waals surface area contributed by atoms with E-state index < -0.39 is 0 Å². The number of aromatic nitrogens is 2. The van der Waals surface area contributed by atoms with E-state index in [4.69, 9.17) is 5.73 Å². The summed E-state index contributed by atoms with van der Waals surface area (Å²) in [6.45, 7) is 2.04. The first-order valence-corrected chi connectivity index (χ1v) is 9.47. The summed E-state index contributed by atoms with van der Waals surface area (Å²) in [5.74, 6) is -0.331. The zero-order valence-corrected chi connectivity index (χ0v) is 18.5. The summed E-state index contributed by atoms with van der Waals surface area (Å²) in [6, 6.07) is 20.1.